The molecule has 1 amide bonds. The minimum absolute atomic E-state index is 0.0665. The molecule has 0 aromatic carbocycles. The van der Waals surface area contributed by atoms with E-state index in [0.29, 0.717) is 6.54 Å². The van der Waals surface area contributed by atoms with E-state index in [1.807, 2.05) is 35.4 Å². The second-order valence-corrected chi connectivity index (χ2v) is 7.20. The van der Waals surface area contributed by atoms with Gasteiger partial charge in [0.15, 0.2) is 0 Å². The SMILES string of the molecule is Cc1ccsc1C(=O)N1C[C@H](Oc2cccnc2)[C@H]2OCCC[C@H]21. The Morgan fingerprint density at radius 3 is 3.12 bits per heavy atom. The van der Waals surface area contributed by atoms with Crippen molar-refractivity contribution in [1.82, 2.24) is 9.88 Å². The molecule has 2 aliphatic rings. The molecule has 2 aromatic rings. The van der Waals surface area contributed by atoms with E-state index in [9.17, 15) is 4.79 Å². The normalized spacial score (nSPS) is 26.2. The fraction of sp³-hybridized carbons (Fsp3) is 0.444. The van der Waals surface area contributed by atoms with Gasteiger partial charge in [0.25, 0.3) is 5.91 Å². The topological polar surface area (TPSA) is 51.7 Å². The highest BCUT2D eigenvalue weighted by Crippen LogP contribution is 2.33. The van der Waals surface area contributed by atoms with Gasteiger partial charge in [0.2, 0.25) is 0 Å². The Balaban J connectivity index is 1.57. The van der Waals surface area contributed by atoms with Crippen molar-refractivity contribution >= 4 is 17.2 Å². The van der Waals surface area contributed by atoms with Crippen molar-refractivity contribution in [3.05, 3.63) is 46.4 Å². The molecule has 5 nitrogen and oxygen atoms in total. The standard InChI is InChI=1S/C18H20N2O3S/c1-12-6-9-24-17(12)18(21)20-11-15(16-14(20)5-3-8-22-16)23-13-4-2-7-19-10-13/h2,4,6-7,9-10,14-16H,3,5,8,11H2,1H3/t14-,15+,16+/m1/s1. The van der Waals surface area contributed by atoms with Crippen LogP contribution in [-0.4, -0.2) is 47.2 Å². The zero-order valence-corrected chi connectivity index (χ0v) is 14.4. The maximum atomic E-state index is 13.0. The Morgan fingerprint density at radius 1 is 1.46 bits per heavy atom. The van der Waals surface area contributed by atoms with Gasteiger partial charge in [0.05, 0.1) is 23.7 Å². The fourth-order valence-electron chi connectivity index (χ4n) is 3.56. The highest BCUT2D eigenvalue weighted by molar-refractivity contribution is 7.12. The number of likely N-dealkylation sites (tertiary alicyclic amines) is 1. The molecule has 0 N–H and O–H groups in total. The van der Waals surface area contributed by atoms with Gasteiger partial charge in [-0.3, -0.25) is 9.78 Å². The van der Waals surface area contributed by atoms with Gasteiger partial charge in [-0.25, -0.2) is 0 Å². The average Bonchev–Trinajstić information content (AvgIpc) is 3.20. The Morgan fingerprint density at radius 2 is 2.38 bits per heavy atom. The van der Waals surface area contributed by atoms with Crippen LogP contribution in [0.5, 0.6) is 5.75 Å². The third-order valence-corrected chi connectivity index (χ3v) is 5.72. The van der Waals surface area contributed by atoms with Gasteiger partial charge in [-0.15, -0.1) is 11.3 Å². The molecule has 0 spiro atoms. The fourth-order valence-corrected chi connectivity index (χ4v) is 4.44. The van der Waals surface area contributed by atoms with Crippen LogP contribution in [0.25, 0.3) is 0 Å². The predicted molar refractivity (Wildman–Crippen MR) is 91.5 cm³/mol. The molecule has 4 rings (SSSR count). The van der Waals surface area contributed by atoms with Gasteiger partial charge in [-0.1, -0.05) is 0 Å². The van der Waals surface area contributed by atoms with E-state index in [4.69, 9.17) is 9.47 Å². The number of nitrogens with zero attached hydrogens (tertiary/aromatic N) is 2. The van der Waals surface area contributed by atoms with Crippen molar-refractivity contribution in [3.8, 4) is 5.75 Å². The lowest BCUT2D eigenvalue weighted by Crippen LogP contribution is -2.44. The summed E-state index contributed by atoms with van der Waals surface area (Å²) in [6, 6.07) is 5.82. The third-order valence-electron chi connectivity index (χ3n) is 4.72. The summed E-state index contributed by atoms with van der Waals surface area (Å²) in [6.07, 6.45) is 5.15. The maximum absolute atomic E-state index is 13.0. The van der Waals surface area contributed by atoms with E-state index in [1.165, 1.54) is 11.3 Å². The lowest BCUT2D eigenvalue weighted by molar-refractivity contribution is -0.0447. The minimum atomic E-state index is -0.149. The number of ether oxygens (including phenoxy) is 2. The number of amides is 1. The summed E-state index contributed by atoms with van der Waals surface area (Å²) in [4.78, 5) is 19.9. The predicted octanol–water partition coefficient (Wildman–Crippen LogP) is 2.90. The summed E-state index contributed by atoms with van der Waals surface area (Å²) in [5.41, 5.74) is 1.04. The first-order valence-electron chi connectivity index (χ1n) is 8.27. The van der Waals surface area contributed by atoms with Crippen molar-refractivity contribution in [2.24, 2.45) is 0 Å². The van der Waals surface area contributed by atoms with Crippen molar-refractivity contribution in [3.63, 3.8) is 0 Å². The number of hydrogen-bond acceptors (Lipinski definition) is 5. The van der Waals surface area contributed by atoms with Crippen molar-refractivity contribution in [2.45, 2.75) is 38.0 Å². The van der Waals surface area contributed by atoms with Gasteiger partial charge in [-0.05, 0) is 48.9 Å². The van der Waals surface area contributed by atoms with Crippen LogP contribution < -0.4 is 4.74 Å². The number of carbonyl (C=O) groups excluding carboxylic acids is 1. The summed E-state index contributed by atoms with van der Waals surface area (Å²) in [6.45, 7) is 3.27. The van der Waals surface area contributed by atoms with Crippen molar-refractivity contribution in [1.29, 1.82) is 0 Å². The first kappa shape index (κ1) is 15.6. The van der Waals surface area contributed by atoms with Crippen LogP contribution in [0.4, 0.5) is 0 Å². The molecule has 126 valence electrons. The zero-order valence-electron chi connectivity index (χ0n) is 13.6. The number of aromatic nitrogens is 1. The lowest BCUT2D eigenvalue weighted by Gasteiger charge is -2.32. The van der Waals surface area contributed by atoms with Crippen LogP contribution in [0.3, 0.4) is 0 Å². The first-order chi connectivity index (χ1) is 11.7. The number of thiophene rings is 1. The van der Waals surface area contributed by atoms with Gasteiger partial charge in [-0.2, -0.15) is 0 Å². The molecule has 6 heteroatoms. The van der Waals surface area contributed by atoms with Gasteiger partial charge in [0.1, 0.15) is 18.0 Å². The molecule has 4 heterocycles. The van der Waals surface area contributed by atoms with Crippen LogP contribution in [0.1, 0.15) is 28.1 Å². The third kappa shape index (κ3) is 2.80. The lowest BCUT2D eigenvalue weighted by atomic mass is 10.0. The second-order valence-electron chi connectivity index (χ2n) is 6.28. The molecule has 0 saturated carbocycles. The molecule has 0 unspecified atom stereocenters. The number of aryl methyl sites for hydroxylation is 1. The summed E-state index contributed by atoms with van der Waals surface area (Å²) in [5.74, 6) is 0.817. The van der Waals surface area contributed by atoms with Crippen LogP contribution in [0, 0.1) is 6.92 Å². The number of fused-ring (bicyclic) bond motifs is 1. The molecule has 0 aliphatic carbocycles. The number of pyridine rings is 1. The summed E-state index contributed by atoms with van der Waals surface area (Å²) in [7, 11) is 0. The van der Waals surface area contributed by atoms with E-state index in [-0.39, 0.29) is 24.2 Å². The minimum Gasteiger partial charge on any atom is -0.484 e. The Bertz CT molecular complexity index is 718. The summed E-state index contributed by atoms with van der Waals surface area (Å²) < 4.78 is 12.1. The Kier molecular flexibility index (Phi) is 4.24. The molecule has 0 bridgehead atoms. The van der Waals surface area contributed by atoms with E-state index >= 15 is 0 Å². The van der Waals surface area contributed by atoms with Crippen LogP contribution in [-0.2, 0) is 4.74 Å². The average molecular weight is 344 g/mol. The quantitative estimate of drug-likeness (QED) is 0.859. The largest absolute Gasteiger partial charge is 0.484 e. The molecular weight excluding hydrogens is 324 g/mol. The number of carbonyl (C=O) groups is 1. The highest BCUT2D eigenvalue weighted by Gasteiger charge is 2.47. The number of rotatable bonds is 3. The van der Waals surface area contributed by atoms with E-state index < -0.39 is 0 Å². The highest BCUT2D eigenvalue weighted by atomic mass is 32.1. The first-order valence-corrected chi connectivity index (χ1v) is 9.15. The summed E-state index contributed by atoms with van der Waals surface area (Å²) in [5, 5.41) is 1.97. The number of hydrogen-bond donors (Lipinski definition) is 0. The van der Waals surface area contributed by atoms with Gasteiger partial charge < -0.3 is 14.4 Å². The van der Waals surface area contributed by atoms with Gasteiger partial charge >= 0.3 is 0 Å². The Hall–Kier alpha value is -1.92. The van der Waals surface area contributed by atoms with Crippen molar-refractivity contribution < 1.29 is 14.3 Å². The zero-order chi connectivity index (χ0) is 16.5. The smallest absolute Gasteiger partial charge is 0.264 e. The van der Waals surface area contributed by atoms with E-state index in [1.54, 1.807) is 12.4 Å². The second kappa shape index (κ2) is 6.53. The van der Waals surface area contributed by atoms with Crippen LogP contribution in [0.15, 0.2) is 36.0 Å². The molecule has 2 fully saturated rings. The van der Waals surface area contributed by atoms with E-state index in [0.717, 1.165) is 35.6 Å². The Labute approximate surface area is 145 Å². The maximum Gasteiger partial charge on any atom is 0.264 e. The van der Waals surface area contributed by atoms with Crippen LogP contribution >= 0.6 is 11.3 Å². The molecule has 2 aromatic heterocycles. The molecule has 24 heavy (non-hydrogen) atoms. The monoisotopic (exact) mass is 344 g/mol. The van der Waals surface area contributed by atoms with Gasteiger partial charge in [0, 0.05) is 12.8 Å². The molecular formula is C18H20N2O3S. The summed E-state index contributed by atoms with van der Waals surface area (Å²) >= 11 is 1.51. The molecule has 2 saturated heterocycles. The van der Waals surface area contributed by atoms with Crippen molar-refractivity contribution in [2.75, 3.05) is 13.2 Å². The molecule has 2 aliphatic heterocycles. The molecule has 3 atom stereocenters. The van der Waals surface area contributed by atoms with Crippen LogP contribution in [0.2, 0.25) is 0 Å². The molecule has 0 radical (unpaired) electrons. The van der Waals surface area contributed by atoms with E-state index in [2.05, 4.69) is 4.98 Å².